The molecule has 2 aromatic heterocycles. The molecule has 0 atom stereocenters. The molecule has 2 N–H and O–H groups in total. The minimum atomic E-state index is -4.40. The van der Waals surface area contributed by atoms with Gasteiger partial charge in [-0.3, -0.25) is 0 Å². The van der Waals surface area contributed by atoms with Gasteiger partial charge in [-0.05, 0) is 13.8 Å². The van der Waals surface area contributed by atoms with Gasteiger partial charge in [0.1, 0.15) is 12.4 Å². The van der Waals surface area contributed by atoms with Gasteiger partial charge in [-0.2, -0.15) is 13.2 Å². The topological polar surface area (TPSA) is 80.0 Å². The summed E-state index contributed by atoms with van der Waals surface area (Å²) < 4.78 is 39.5. The van der Waals surface area contributed by atoms with Crippen LogP contribution in [0.4, 0.5) is 13.2 Å². The number of hydrogen-bond donors (Lipinski definition) is 2. The zero-order chi connectivity index (χ0) is 18.4. The average molecular weight is 503 g/mol. The molecule has 0 saturated heterocycles. The lowest BCUT2D eigenvalue weighted by atomic mass is 10.4. The highest BCUT2D eigenvalue weighted by atomic mass is 127. The first-order valence-corrected chi connectivity index (χ1v) is 8.58. The number of hydrogen-bond acceptors (Lipinski definition) is 5. The normalized spacial score (nSPS) is 12.0. The fourth-order valence-corrected chi connectivity index (χ4v) is 2.73. The molecule has 146 valence electrons. The third kappa shape index (κ3) is 6.37. The van der Waals surface area contributed by atoms with Gasteiger partial charge < -0.3 is 15.2 Å². The molecule has 0 aliphatic heterocycles. The number of aromatic nitrogens is 4. The first-order valence-electron chi connectivity index (χ1n) is 7.70. The molecular formula is C14H21F3IN7S. The third-order valence-corrected chi connectivity index (χ3v) is 4.29. The van der Waals surface area contributed by atoms with Gasteiger partial charge in [-0.25, -0.2) is 9.98 Å². The lowest BCUT2D eigenvalue weighted by molar-refractivity contribution is -0.140. The maximum atomic E-state index is 12.5. The summed E-state index contributed by atoms with van der Waals surface area (Å²) in [6.07, 6.45) is -4.01. The molecule has 2 aromatic rings. The van der Waals surface area contributed by atoms with Gasteiger partial charge in [0.05, 0.1) is 5.01 Å². The number of nitrogens with one attached hydrogen (secondary N) is 2. The van der Waals surface area contributed by atoms with Crippen molar-refractivity contribution >= 4 is 41.3 Å². The van der Waals surface area contributed by atoms with Crippen molar-refractivity contribution in [3.8, 4) is 0 Å². The van der Waals surface area contributed by atoms with E-state index in [1.54, 1.807) is 0 Å². The molecule has 0 amide bonds. The van der Waals surface area contributed by atoms with Crippen molar-refractivity contribution in [1.29, 1.82) is 0 Å². The van der Waals surface area contributed by atoms with Gasteiger partial charge in [0.15, 0.2) is 17.5 Å². The molecule has 0 spiro atoms. The van der Waals surface area contributed by atoms with E-state index in [-0.39, 0.29) is 24.0 Å². The molecule has 0 saturated carbocycles. The number of nitrogens with zero attached hydrogens (tertiary/aromatic N) is 5. The van der Waals surface area contributed by atoms with Gasteiger partial charge in [0, 0.05) is 31.9 Å². The van der Waals surface area contributed by atoms with Crippen molar-refractivity contribution in [2.24, 2.45) is 12.0 Å². The first kappa shape index (κ1) is 22.6. The average Bonchev–Trinajstić information content (AvgIpc) is 3.14. The molecule has 0 aliphatic rings. The molecule has 0 bridgehead atoms. The van der Waals surface area contributed by atoms with E-state index in [1.165, 1.54) is 0 Å². The number of aryl methyl sites for hydroxylation is 1. The summed E-state index contributed by atoms with van der Waals surface area (Å²) in [7, 11) is 1.86. The Balaban J connectivity index is 0.00000338. The highest BCUT2D eigenvalue weighted by molar-refractivity contribution is 14.0. The van der Waals surface area contributed by atoms with E-state index in [0.717, 1.165) is 28.4 Å². The van der Waals surface area contributed by atoms with Crippen LogP contribution in [-0.4, -0.2) is 38.8 Å². The highest BCUT2D eigenvalue weighted by Crippen LogP contribution is 2.29. The van der Waals surface area contributed by atoms with Gasteiger partial charge in [-0.1, -0.05) is 0 Å². The Kier molecular flexibility index (Phi) is 8.73. The zero-order valence-electron chi connectivity index (χ0n) is 14.6. The van der Waals surface area contributed by atoms with Crippen LogP contribution < -0.4 is 10.6 Å². The number of thiazole rings is 1. The van der Waals surface area contributed by atoms with Crippen LogP contribution in [0.3, 0.4) is 0 Å². The molecule has 0 radical (unpaired) electrons. The van der Waals surface area contributed by atoms with Crippen molar-refractivity contribution in [2.45, 2.75) is 33.0 Å². The summed E-state index contributed by atoms with van der Waals surface area (Å²) in [5.41, 5.74) is -0.842. The predicted octanol–water partition coefficient (Wildman–Crippen LogP) is 2.51. The summed E-state index contributed by atoms with van der Waals surface area (Å²) in [5, 5.41) is 15.6. The quantitative estimate of drug-likeness (QED) is 0.360. The number of rotatable bonds is 6. The molecule has 7 nitrogen and oxygen atoms in total. The van der Waals surface area contributed by atoms with Gasteiger partial charge in [-0.15, -0.1) is 45.5 Å². The second-order valence-corrected chi connectivity index (χ2v) is 6.16. The predicted molar refractivity (Wildman–Crippen MR) is 105 cm³/mol. The summed E-state index contributed by atoms with van der Waals surface area (Å²) in [6, 6.07) is 0. The van der Waals surface area contributed by atoms with Crippen LogP contribution >= 0.6 is 35.3 Å². The van der Waals surface area contributed by atoms with Crippen molar-refractivity contribution in [3.05, 3.63) is 27.7 Å². The molecule has 26 heavy (non-hydrogen) atoms. The number of aliphatic imine (C=N–C) groups is 1. The number of halogens is 4. The Labute approximate surface area is 170 Å². The Bertz CT molecular complexity index is 726. The standard InChI is InChI=1S/C14H20F3N7S.HI/c1-4-18-13(20-7-11-23-22-9(2)24(11)3)19-6-5-12-21-10(8-25-12)14(15,16)17;/h8H,4-7H2,1-3H3,(H2,18,19,20);1H. The SMILES string of the molecule is CCNC(=NCc1nnc(C)n1C)NCCc1nc(C(F)(F)F)cs1.I. The number of guanidine groups is 1. The Morgan fingerprint density at radius 2 is 2.04 bits per heavy atom. The Morgan fingerprint density at radius 1 is 1.31 bits per heavy atom. The van der Waals surface area contributed by atoms with Crippen LogP contribution in [0.15, 0.2) is 10.4 Å². The summed E-state index contributed by atoms with van der Waals surface area (Å²) >= 11 is 1.00. The minimum Gasteiger partial charge on any atom is -0.357 e. The molecule has 0 aliphatic carbocycles. The summed E-state index contributed by atoms with van der Waals surface area (Å²) in [6.45, 7) is 5.22. The fourth-order valence-electron chi connectivity index (χ4n) is 1.92. The number of alkyl halides is 3. The smallest absolute Gasteiger partial charge is 0.357 e. The maximum Gasteiger partial charge on any atom is 0.434 e. The molecule has 0 fully saturated rings. The van der Waals surface area contributed by atoms with Crippen molar-refractivity contribution in [2.75, 3.05) is 13.1 Å². The van der Waals surface area contributed by atoms with E-state index in [1.807, 2.05) is 25.5 Å². The Morgan fingerprint density at radius 3 is 2.58 bits per heavy atom. The maximum absolute atomic E-state index is 12.5. The van der Waals surface area contributed by atoms with Crippen molar-refractivity contribution in [1.82, 2.24) is 30.4 Å². The monoisotopic (exact) mass is 503 g/mol. The molecule has 2 rings (SSSR count). The second-order valence-electron chi connectivity index (χ2n) is 5.22. The lowest BCUT2D eigenvalue weighted by Crippen LogP contribution is -2.38. The summed E-state index contributed by atoms with van der Waals surface area (Å²) in [4.78, 5) is 8.01. The van der Waals surface area contributed by atoms with E-state index >= 15 is 0 Å². The van der Waals surface area contributed by atoms with Crippen LogP contribution in [0.25, 0.3) is 0 Å². The van der Waals surface area contributed by atoms with Gasteiger partial charge >= 0.3 is 6.18 Å². The molecule has 0 aromatic carbocycles. The van der Waals surface area contributed by atoms with Gasteiger partial charge in [0.2, 0.25) is 0 Å². The Hall–Kier alpha value is -1.44. The van der Waals surface area contributed by atoms with Crippen LogP contribution in [0.1, 0.15) is 29.3 Å². The largest absolute Gasteiger partial charge is 0.434 e. The molecular weight excluding hydrogens is 482 g/mol. The molecule has 12 heteroatoms. The van der Waals surface area contributed by atoms with E-state index in [0.29, 0.717) is 37.0 Å². The minimum absolute atomic E-state index is 0. The first-order chi connectivity index (χ1) is 11.8. The van der Waals surface area contributed by atoms with Crippen LogP contribution in [0.5, 0.6) is 0 Å². The third-order valence-electron chi connectivity index (χ3n) is 3.38. The van der Waals surface area contributed by atoms with Crippen molar-refractivity contribution < 1.29 is 13.2 Å². The highest BCUT2D eigenvalue weighted by Gasteiger charge is 2.33. The van der Waals surface area contributed by atoms with Crippen LogP contribution in [0, 0.1) is 6.92 Å². The van der Waals surface area contributed by atoms with E-state index < -0.39 is 11.9 Å². The van der Waals surface area contributed by atoms with E-state index in [2.05, 4.69) is 30.8 Å². The second kappa shape index (κ2) is 10.0. The zero-order valence-corrected chi connectivity index (χ0v) is 17.7. The summed E-state index contributed by atoms with van der Waals surface area (Å²) in [5.74, 6) is 2.09. The molecule has 2 heterocycles. The van der Waals surface area contributed by atoms with Crippen molar-refractivity contribution in [3.63, 3.8) is 0 Å². The van der Waals surface area contributed by atoms with E-state index in [9.17, 15) is 13.2 Å². The van der Waals surface area contributed by atoms with Crippen LogP contribution in [0.2, 0.25) is 0 Å². The van der Waals surface area contributed by atoms with Crippen LogP contribution in [-0.2, 0) is 26.2 Å². The van der Waals surface area contributed by atoms with E-state index in [4.69, 9.17) is 0 Å². The molecule has 0 unspecified atom stereocenters. The lowest BCUT2D eigenvalue weighted by Gasteiger charge is -2.10. The fraction of sp³-hybridized carbons (Fsp3) is 0.571. The van der Waals surface area contributed by atoms with Gasteiger partial charge in [0.25, 0.3) is 0 Å².